The Morgan fingerprint density at radius 3 is 2.79 bits per heavy atom. The molecule has 7 heteroatoms. The van der Waals surface area contributed by atoms with E-state index in [1.54, 1.807) is 40.8 Å². The minimum Gasteiger partial charge on any atom is -0.478 e. The van der Waals surface area contributed by atoms with Crippen LogP contribution < -0.4 is 5.32 Å². The van der Waals surface area contributed by atoms with E-state index in [0.717, 1.165) is 35.6 Å². The SMILES string of the molecule is CCCSc1c(C(=O)NC2CCCCC2)cnn1Cc1cccc(C(=O)O)c1. The summed E-state index contributed by atoms with van der Waals surface area (Å²) < 4.78 is 1.80. The number of aromatic nitrogens is 2. The summed E-state index contributed by atoms with van der Waals surface area (Å²) in [5.74, 6) is -0.114. The van der Waals surface area contributed by atoms with E-state index in [1.165, 1.54) is 19.3 Å². The van der Waals surface area contributed by atoms with Gasteiger partial charge in [0.25, 0.3) is 5.91 Å². The number of rotatable bonds is 8. The first-order chi connectivity index (χ1) is 13.6. The van der Waals surface area contributed by atoms with Crippen molar-refractivity contribution in [2.24, 2.45) is 0 Å². The molecule has 2 N–H and O–H groups in total. The Balaban J connectivity index is 1.80. The Bertz CT molecular complexity index is 828. The van der Waals surface area contributed by atoms with Crippen LogP contribution in [0.5, 0.6) is 0 Å². The highest BCUT2D eigenvalue weighted by Crippen LogP contribution is 2.26. The topological polar surface area (TPSA) is 84.2 Å². The highest BCUT2D eigenvalue weighted by molar-refractivity contribution is 7.99. The van der Waals surface area contributed by atoms with Crippen LogP contribution in [0.1, 0.15) is 71.7 Å². The molecule has 0 aliphatic heterocycles. The lowest BCUT2D eigenvalue weighted by molar-refractivity contribution is 0.0696. The second-order valence-electron chi connectivity index (χ2n) is 7.18. The summed E-state index contributed by atoms with van der Waals surface area (Å²) >= 11 is 1.62. The number of hydrogen-bond donors (Lipinski definition) is 2. The molecule has 1 aliphatic rings. The highest BCUT2D eigenvalue weighted by atomic mass is 32.2. The summed E-state index contributed by atoms with van der Waals surface area (Å²) in [6, 6.07) is 7.09. The monoisotopic (exact) mass is 401 g/mol. The summed E-state index contributed by atoms with van der Waals surface area (Å²) in [4.78, 5) is 24.1. The largest absolute Gasteiger partial charge is 0.478 e. The van der Waals surface area contributed by atoms with Crippen LogP contribution in [0, 0.1) is 0 Å². The Kier molecular flexibility index (Phi) is 7.14. The minimum absolute atomic E-state index is 0.0592. The second-order valence-corrected chi connectivity index (χ2v) is 8.27. The molecule has 0 radical (unpaired) electrons. The van der Waals surface area contributed by atoms with Crippen molar-refractivity contribution in [1.29, 1.82) is 0 Å². The van der Waals surface area contributed by atoms with Crippen LogP contribution in [-0.4, -0.2) is 38.6 Å². The van der Waals surface area contributed by atoms with Gasteiger partial charge in [0.1, 0.15) is 5.03 Å². The van der Waals surface area contributed by atoms with Gasteiger partial charge in [-0.3, -0.25) is 9.48 Å². The number of carboxylic acid groups (broad SMARTS) is 1. The van der Waals surface area contributed by atoms with Gasteiger partial charge in [-0.25, -0.2) is 4.79 Å². The van der Waals surface area contributed by atoms with Crippen molar-refractivity contribution in [1.82, 2.24) is 15.1 Å². The van der Waals surface area contributed by atoms with Crippen LogP contribution in [0.3, 0.4) is 0 Å². The van der Waals surface area contributed by atoms with Gasteiger partial charge < -0.3 is 10.4 Å². The van der Waals surface area contributed by atoms with Gasteiger partial charge in [-0.15, -0.1) is 11.8 Å². The first kappa shape index (κ1) is 20.5. The molecule has 6 nitrogen and oxygen atoms in total. The fraction of sp³-hybridized carbons (Fsp3) is 0.476. The summed E-state index contributed by atoms with van der Waals surface area (Å²) in [6.07, 6.45) is 8.30. The van der Waals surface area contributed by atoms with Crippen LogP contribution in [0.2, 0.25) is 0 Å². The van der Waals surface area contributed by atoms with Crippen LogP contribution in [0.4, 0.5) is 0 Å². The molecule has 0 spiro atoms. The Morgan fingerprint density at radius 1 is 1.29 bits per heavy atom. The van der Waals surface area contributed by atoms with Crippen molar-refractivity contribution >= 4 is 23.6 Å². The number of hydrogen-bond acceptors (Lipinski definition) is 4. The van der Waals surface area contributed by atoms with Gasteiger partial charge >= 0.3 is 5.97 Å². The van der Waals surface area contributed by atoms with Gasteiger partial charge in [0.2, 0.25) is 0 Å². The zero-order valence-electron chi connectivity index (χ0n) is 16.2. The molecule has 150 valence electrons. The molecule has 1 fully saturated rings. The van der Waals surface area contributed by atoms with Crippen molar-refractivity contribution in [3.63, 3.8) is 0 Å². The normalized spacial score (nSPS) is 14.8. The highest BCUT2D eigenvalue weighted by Gasteiger charge is 2.22. The fourth-order valence-corrected chi connectivity index (χ4v) is 4.44. The number of amides is 1. The minimum atomic E-state index is -0.949. The van der Waals surface area contributed by atoms with E-state index in [2.05, 4.69) is 17.3 Å². The van der Waals surface area contributed by atoms with E-state index in [0.29, 0.717) is 12.1 Å². The number of carbonyl (C=O) groups excluding carboxylic acids is 1. The molecule has 0 unspecified atom stereocenters. The predicted octanol–water partition coefficient (Wildman–Crippen LogP) is 4.19. The maximum Gasteiger partial charge on any atom is 0.335 e. The van der Waals surface area contributed by atoms with Gasteiger partial charge in [-0.05, 0) is 42.7 Å². The third kappa shape index (κ3) is 5.16. The number of carboxylic acids is 1. The van der Waals surface area contributed by atoms with Crippen LogP contribution in [0.15, 0.2) is 35.5 Å². The number of benzene rings is 1. The number of nitrogens with zero attached hydrogens (tertiary/aromatic N) is 2. The Labute approximate surface area is 169 Å². The number of nitrogens with one attached hydrogen (secondary N) is 1. The second kappa shape index (κ2) is 9.78. The predicted molar refractivity (Wildman–Crippen MR) is 110 cm³/mol. The van der Waals surface area contributed by atoms with Gasteiger partial charge in [-0.1, -0.05) is 38.3 Å². The standard InChI is InChI=1S/C21H27N3O3S/c1-2-11-28-20-18(19(25)23-17-9-4-3-5-10-17)13-22-24(20)14-15-7-6-8-16(12-15)21(26)27/h6-8,12-13,17H,2-5,9-11,14H2,1H3,(H,23,25)(H,26,27). The summed E-state index contributed by atoms with van der Waals surface area (Å²) in [7, 11) is 0. The van der Waals surface area contributed by atoms with Gasteiger partial charge in [0, 0.05) is 6.04 Å². The first-order valence-corrected chi connectivity index (χ1v) is 10.9. The Morgan fingerprint density at radius 2 is 2.07 bits per heavy atom. The van der Waals surface area contributed by atoms with Gasteiger partial charge in [0.15, 0.2) is 0 Å². The third-order valence-electron chi connectivity index (χ3n) is 4.93. The van der Waals surface area contributed by atoms with E-state index >= 15 is 0 Å². The van der Waals surface area contributed by atoms with Crippen molar-refractivity contribution in [2.45, 2.75) is 63.1 Å². The van der Waals surface area contributed by atoms with E-state index in [9.17, 15) is 14.7 Å². The molecule has 0 saturated heterocycles. The average molecular weight is 402 g/mol. The molecule has 1 aromatic heterocycles. The van der Waals surface area contributed by atoms with Crippen LogP contribution in [-0.2, 0) is 6.54 Å². The van der Waals surface area contributed by atoms with Crippen molar-refractivity contribution in [3.8, 4) is 0 Å². The molecule has 1 saturated carbocycles. The smallest absolute Gasteiger partial charge is 0.335 e. The lowest BCUT2D eigenvalue weighted by Crippen LogP contribution is -2.36. The first-order valence-electron chi connectivity index (χ1n) is 9.90. The van der Waals surface area contributed by atoms with Crippen molar-refractivity contribution < 1.29 is 14.7 Å². The van der Waals surface area contributed by atoms with Crippen LogP contribution in [0.25, 0.3) is 0 Å². The van der Waals surface area contributed by atoms with Gasteiger partial charge in [-0.2, -0.15) is 5.10 Å². The van der Waals surface area contributed by atoms with Crippen LogP contribution >= 0.6 is 11.8 Å². The average Bonchev–Trinajstić information content (AvgIpc) is 3.09. The Hall–Kier alpha value is -2.28. The molecule has 1 aliphatic carbocycles. The summed E-state index contributed by atoms with van der Waals surface area (Å²) in [6.45, 7) is 2.54. The molecule has 0 atom stereocenters. The van der Waals surface area contributed by atoms with Crippen molar-refractivity contribution in [3.05, 3.63) is 47.2 Å². The van der Waals surface area contributed by atoms with Crippen molar-refractivity contribution in [2.75, 3.05) is 5.75 Å². The quantitative estimate of drug-likeness (QED) is 0.648. The molecule has 1 aromatic carbocycles. The zero-order valence-corrected chi connectivity index (χ0v) is 17.0. The van der Waals surface area contributed by atoms with E-state index < -0.39 is 5.97 Å². The molecule has 0 bridgehead atoms. The lowest BCUT2D eigenvalue weighted by Gasteiger charge is -2.22. The number of carbonyl (C=O) groups is 2. The van der Waals surface area contributed by atoms with Gasteiger partial charge in [0.05, 0.1) is 23.9 Å². The molecule has 1 heterocycles. The summed E-state index contributed by atoms with van der Waals surface area (Å²) in [5.41, 5.74) is 1.71. The molecule has 1 amide bonds. The molecular formula is C21H27N3O3S. The zero-order chi connectivity index (χ0) is 19.9. The number of thioether (sulfide) groups is 1. The molecular weight excluding hydrogens is 374 g/mol. The van der Waals surface area contributed by atoms with E-state index in [1.807, 2.05) is 6.07 Å². The maximum absolute atomic E-state index is 12.9. The number of aromatic carboxylic acids is 1. The maximum atomic E-state index is 12.9. The molecule has 28 heavy (non-hydrogen) atoms. The molecule has 2 aromatic rings. The fourth-order valence-electron chi connectivity index (χ4n) is 3.48. The third-order valence-corrected chi connectivity index (χ3v) is 6.24. The summed E-state index contributed by atoms with van der Waals surface area (Å²) in [5, 5.41) is 17.7. The van der Waals surface area contributed by atoms with E-state index in [-0.39, 0.29) is 17.5 Å². The molecule has 3 rings (SSSR count). The lowest BCUT2D eigenvalue weighted by atomic mass is 9.95. The van der Waals surface area contributed by atoms with E-state index in [4.69, 9.17) is 0 Å².